The highest BCUT2D eigenvalue weighted by Crippen LogP contribution is 2.13. The first-order chi connectivity index (χ1) is 11.6. The topological polar surface area (TPSA) is 64.7 Å². The van der Waals surface area contributed by atoms with Crippen molar-refractivity contribution in [3.63, 3.8) is 0 Å². The summed E-state index contributed by atoms with van der Waals surface area (Å²) in [5, 5.41) is 5.66. The molecule has 2 N–H and O–H groups in total. The van der Waals surface area contributed by atoms with Crippen LogP contribution in [0.4, 0.5) is 4.79 Å². The molecule has 1 aromatic carbocycles. The molecule has 1 atom stereocenters. The second-order valence-corrected chi connectivity index (χ2v) is 6.33. The van der Waals surface area contributed by atoms with Crippen molar-refractivity contribution in [2.24, 2.45) is 0 Å². The van der Waals surface area contributed by atoms with E-state index in [2.05, 4.69) is 46.7 Å². The molecule has 1 fully saturated rings. The van der Waals surface area contributed by atoms with Gasteiger partial charge in [-0.2, -0.15) is 0 Å². The predicted octanol–water partition coefficient (Wildman–Crippen LogP) is 1.43. The van der Waals surface area contributed by atoms with Crippen LogP contribution in [-0.4, -0.2) is 60.5 Å². The van der Waals surface area contributed by atoms with Crippen molar-refractivity contribution in [1.29, 1.82) is 0 Å². The lowest BCUT2D eigenvalue weighted by atomic mass is 10.1. The third-order valence-electron chi connectivity index (χ3n) is 4.23. The molecule has 0 spiro atoms. The summed E-state index contributed by atoms with van der Waals surface area (Å²) in [7, 11) is 0. The maximum atomic E-state index is 12.3. The molecule has 0 bridgehead atoms. The second kappa shape index (κ2) is 9.27. The van der Waals surface area contributed by atoms with E-state index in [1.54, 1.807) is 0 Å². The molecule has 1 aromatic rings. The summed E-state index contributed by atoms with van der Waals surface area (Å²) in [6, 6.07) is 10.6. The van der Waals surface area contributed by atoms with E-state index in [4.69, 9.17) is 0 Å². The Labute approximate surface area is 144 Å². The number of hydrogen-bond donors (Lipinski definition) is 2. The average molecular weight is 332 g/mol. The number of piperazine rings is 1. The highest BCUT2D eigenvalue weighted by Gasteiger charge is 2.27. The number of carbonyl (C=O) groups excluding carboxylic acids is 2. The van der Waals surface area contributed by atoms with Gasteiger partial charge in [-0.25, -0.2) is 4.79 Å². The molecular weight excluding hydrogens is 304 g/mol. The van der Waals surface area contributed by atoms with Gasteiger partial charge in [0.25, 0.3) is 0 Å². The average Bonchev–Trinajstić information content (AvgIpc) is 2.55. The van der Waals surface area contributed by atoms with Crippen LogP contribution in [0.15, 0.2) is 30.3 Å². The lowest BCUT2D eigenvalue weighted by molar-refractivity contribution is -0.118. The van der Waals surface area contributed by atoms with Gasteiger partial charge in [-0.1, -0.05) is 30.3 Å². The van der Waals surface area contributed by atoms with E-state index in [9.17, 15) is 9.59 Å². The zero-order valence-electron chi connectivity index (χ0n) is 14.6. The summed E-state index contributed by atoms with van der Waals surface area (Å²) in [5.74, 6) is -0.0375. The van der Waals surface area contributed by atoms with Crippen molar-refractivity contribution in [3.05, 3.63) is 35.9 Å². The normalized spacial score (nSPS) is 18.2. The summed E-state index contributed by atoms with van der Waals surface area (Å²) in [4.78, 5) is 27.4. The van der Waals surface area contributed by atoms with E-state index in [0.717, 1.165) is 32.6 Å². The Morgan fingerprint density at radius 3 is 2.50 bits per heavy atom. The van der Waals surface area contributed by atoms with Crippen LogP contribution in [0.2, 0.25) is 0 Å². The first-order valence-electron chi connectivity index (χ1n) is 8.61. The number of rotatable bonds is 6. The van der Waals surface area contributed by atoms with Crippen molar-refractivity contribution in [3.8, 4) is 0 Å². The smallest absolute Gasteiger partial charge is 0.317 e. The fourth-order valence-electron chi connectivity index (χ4n) is 2.97. The molecule has 2 rings (SSSR count). The molecule has 6 heteroatoms. The molecule has 1 aliphatic heterocycles. The van der Waals surface area contributed by atoms with Crippen molar-refractivity contribution in [2.75, 3.05) is 32.7 Å². The molecule has 24 heavy (non-hydrogen) atoms. The van der Waals surface area contributed by atoms with E-state index >= 15 is 0 Å². The maximum Gasteiger partial charge on any atom is 0.317 e. The van der Waals surface area contributed by atoms with E-state index in [-0.39, 0.29) is 18.0 Å². The van der Waals surface area contributed by atoms with Crippen LogP contribution in [0.1, 0.15) is 25.8 Å². The molecule has 6 nitrogen and oxygen atoms in total. The van der Waals surface area contributed by atoms with Gasteiger partial charge in [0.15, 0.2) is 0 Å². The molecule has 0 aromatic heterocycles. The summed E-state index contributed by atoms with van der Waals surface area (Å²) in [6.07, 6.45) is 0.744. The van der Waals surface area contributed by atoms with Gasteiger partial charge in [0.1, 0.15) is 0 Å². The molecule has 0 aliphatic carbocycles. The number of benzene rings is 1. The molecule has 0 unspecified atom stereocenters. The second-order valence-electron chi connectivity index (χ2n) is 6.33. The Morgan fingerprint density at radius 1 is 1.12 bits per heavy atom. The summed E-state index contributed by atoms with van der Waals surface area (Å²) < 4.78 is 0. The largest absolute Gasteiger partial charge is 0.356 e. The number of nitrogens with zero attached hydrogens (tertiary/aromatic N) is 2. The van der Waals surface area contributed by atoms with Crippen LogP contribution in [-0.2, 0) is 11.3 Å². The van der Waals surface area contributed by atoms with Gasteiger partial charge in [0.2, 0.25) is 5.91 Å². The van der Waals surface area contributed by atoms with Gasteiger partial charge in [-0.05, 0) is 18.9 Å². The van der Waals surface area contributed by atoms with E-state index in [1.807, 2.05) is 11.0 Å². The third-order valence-corrected chi connectivity index (χ3v) is 4.23. The number of urea groups is 1. The Morgan fingerprint density at radius 2 is 1.83 bits per heavy atom. The number of carbonyl (C=O) groups is 2. The fourth-order valence-corrected chi connectivity index (χ4v) is 2.97. The molecule has 0 saturated carbocycles. The van der Waals surface area contributed by atoms with Crippen LogP contribution in [0.3, 0.4) is 0 Å². The Hall–Kier alpha value is -2.08. The first-order valence-corrected chi connectivity index (χ1v) is 8.61. The van der Waals surface area contributed by atoms with Gasteiger partial charge in [-0.3, -0.25) is 9.69 Å². The molecule has 1 saturated heterocycles. The number of hydrogen-bond acceptors (Lipinski definition) is 3. The van der Waals surface area contributed by atoms with E-state index in [0.29, 0.717) is 13.1 Å². The lowest BCUT2D eigenvalue weighted by Crippen LogP contribution is -2.56. The van der Waals surface area contributed by atoms with Gasteiger partial charge in [0, 0.05) is 52.2 Å². The van der Waals surface area contributed by atoms with Crippen LogP contribution in [0, 0.1) is 0 Å². The maximum absolute atomic E-state index is 12.3. The predicted molar refractivity (Wildman–Crippen MR) is 94.6 cm³/mol. The number of nitrogens with one attached hydrogen (secondary N) is 2. The third kappa shape index (κ3) is 5.85. The highest BCUT2D eigenvalue weighted by molar-refractivity contribution is 5.74. The number of amides is 3. The SMILES string of the molecule is CC(=O)NCCCNC(=O)N1CCN(Cc2ccccc2)C[C@@H]1C. The molecule has 132 valence electrons. The van der Waals surface area contributed by atoms with E-state index < -0.39 is 0 Å². The Kier molecular flexibility index (Phi) is 7.06. The molecule has 0 radical (unpaired) electrons. The zero-order valence-corrected chi connectivity index (χ0v) is 14.6. The summed E-state index contributed by atoms with van der Waals surface area (Å²) in [5.41, 5.74) is 1.31. The standard InChI is InChI=1S/C18H28N4O2/c1-15-13-21(14-17-7-4-3-5-8-17)11-12-22(15)18(24)20-10-6-9-19-16(2)23/h3-5,7-8,15H,6,9-14H2,1-2H3,(H,19,23)(H,20,24)/t15-/m0/s1. The van der Waals surface area contributed by atoms with Gasteiger partial charge >= 0.3 is 6.03 Å². The van der Waals surface area contributed by atoms with Crippen LogP contribution in [0.25, 0.3) is 0 Å². The lowest BCUT2D eigenvalue weighted by Gasteiger charge is -2.39. The fraction of sp³-hybridized carbons (Fsp3) is 0.556. The van der Waals surface area contributed by atoms with Gasteiger partial charge < -0.3 is 15.5 Å². The quantitative estimate of drug-likeness (QED) is 0.775. The molecule has 3 amide bonds. The minimum atomic E-state index is -0.0375. The van der Waals surface area contributed by atoms with Gasteiger partial charge in [-0.15, -0.1) is 0 Å². The van der Waals surface area contributed by atoms with Crippen molar-refractivity contribution in [2.45, 2.75) is 32.9 Å². The molecule has 1 aliphatic rings. The molecular formula is C18H28N4O2. The molecule has 1 heterocycles. The monoisotopic (exact) mass is 332 g/mol. The Bertz CT molecular complexity index is 535. The summed E-state index contributed by atoms with van der Waals surface area (Å²) in [6.45, 7) is 8.20. The summed E-state index contributed by atoms with van der Waals surface area (Å²) >= 11 is 0. The van der Waals surface area contributed by atoms with Crippen molar-refractivity contribution >= 4 is 11.9 Å². The van der Waals surface area contributed by atoms with Crippen molar-refractivity contribution < 1.29 is 9.59 Å². The Balaban J connectivity index is 1.70. The minimum absolute atomic E-state index is 0.00955. The zero-order chi connectivity index (χ0) is 17.4. The van der Waals surface area contributed by atoms with Crippen molar-refractivity contribution in [1.82, 2.24) is 20.4 Å². The highest BCUT2D eigenvalue weighted by atomic mass is 16.2. The van der Waals surface area contributed by atoms with E-state index in [1.165, 1.54) is 12.5 Å². The van der Waals surface area contributed by atoms with Gasteiger partial charge in [0.05, 0.1) is 0 Å². The van der Waals surface area contributed by atoms with Crippen LogP contribution in [0.5, 0.6) is 0 Å². The van der Waals surface area contributed by atoms with Crippen LogP contribution < -0.4 is 10.6 Å². The van der Waals surface area contributed by atoms with Crippen LogP contribution >= 0.6 is 0 Å². The minimum Gasteiger partial charge on any atom is -0.356 e. The first kappa shape index (κ1) is 18.3.